The maximum absolute atomic E-state index is 12.0. The zero-order valence-electron chi connectivity index (χ0n) is 10.3. The van der Waals surface area contributed by atoms with Crippen LogP contribution in [0, 0.1) is 5.41 Å². The minimum atomic E-state index is -0.493. The Labute approximate surface area is 96.0 Å². The Kier molecular flexibility index (Phi) is 3.70. The lowest BCUT2D eigenvalue weighted by atomic mass is 9.86. The van der Waals surface area contributed by atoms with Crippen molar-refractivity contribution < 1.29 is 4.79 Å². The van der Waals surface area contributed by atoms with E-state index in [4.69, 9.17) is 5.73 Å². The lowest BCUT2D eigenvalue weighted by Gasteiger charge is -2.29. The molecule has 1 aromatic heterocycles. The minimum absolute atomic E-state index is 0.0658. The highest BCUT2D eigenvalue weighted by Gasteiger charge is 2.29. The number of hydrogen-bond acceptors (Lipinski definition) is 3. The molecular weight excluding hydrogens is 204 g/mol. The van der Waals surface area contributed by atoms with Gasteiger partial charge in [0.05, 0.1) is 12.6 Å². The third kappa shape index (κ3) is 3.06. The summed E-state index contributed by atoms with van der Waals surface area (Å²) in [4.78, 5) is 20.6. The number of amides is 1. The standard InChI is InChI=1S/C11H20N4O/c1-11(2,3)9(12)10(16)15(4)7-8-13-5-6-14-8/h5-6,9H,7,12H2,1-4H3,(H,13,14)/t9-/m0/s1. The summed E-state index contributed by atoms with van der Waals surface area (Å²) >= 11 is 0. The molecule has 0 aliphatic carbocycles. The van der Waals surface area contributed by atoms with Gasteiger partial charge in [0.2, 0.25) is 5.91 Å². The van der Waals surface area contributed by atoms with Crippen LogP contribution in [0.15, 0.2) is 12.4 Å². The summed E-state index contributed by atoms with van der Waals surface area (Å²) in [6, 6.07) is -0.493. The number of nitrogens with one attached hydrogen (secondary N) is 1. The fraction of sp³-hybridized carbons (Fsp3) is 0.636. The highest BCUT2D eigenvalue weighted by molar-refractivity contribution is 5.82. The van der Waals surface area contributed by atoms with Crippen LogP contribution >= 0.6 is 0 Å². The van der Waals surface area contributed by atoms with Gasteiger partial charge in [0.15, 0.2) is 0 Å². The van der Waals surface area contributed by atoms with Crippen LogP contribution < -0.4 is 5.73 Å². The summed E-state index contributed by atoms with van der Waals surface area (Å²) in [6.45, 7) is 6.32. The zero-order valence-corrected chi connectivity index (χ0v) is 10.3. The molecule has 0 saturated heterocycles. The number of aromatic amines is 1. The maximum atomic E-state index is 12.0. The fourth-order valence-corrected chi connectivity index (χ4v) is 1.29. The molecule has 0 fully saturated rings. The molecule has 5 heteroatoms. The lowest BCUT2D eigenvalue weighted by molar-refractivity contribution is -0.134. The normalized spacial score (nSPS) is 13.6. The first-order valence-corrected chi connectivity index (χ1v) is 5.31. The third-order valence-corrected chi connectivity index (χ3v) is 2.52. The van der Waals surface area contributed by atoms with Gasteiger partial charge in [-0.1, -0.05) is 20.8 Å². The van der Waals surface area contributed by atoms with Crippen molar-refractivity contribution in [2.24, 2.45) is 11.1 Å². The van der Waals surface area contributed by atoms with Gasteiger partial charge in [-0.3, -0.25) is 4.79 Å². The number of carbonyl (C=O) groups is 1. The number of imidazole rings is 1. The van der Waals surface area contributed by atoms with Crippen LogP contribution in [0.25, 0.3) is 0 Å². The Hall–Kier alpha value is -1.36. The van der Waals surface area contributed by atoms with Crippen molar-refractivity contribution in [3.63, 3.8) is 0 Å². The second kappa shape index (κ2) is 4.65. The first kappa shape index (κ1) is 12.7. The summed E-state index contributed by atoms with van der Waals surface area (Å²) in [7, 11) is 1.73. The number of nitrogens with two attached hydrogens (primary N) is 1. The van der Waals surface area contributed by atoms with Crippen molar-refractivity contribution in [2.45, 2.75) is 33.4 Å². The Morgan fingerprint density at radius 3 is 2.69 bits per heavy atom. The first-order chi connectivity index (χ1) is 7.32. The number of H-pyrrole nitrogens is 1. The summed E-state index contributed by atoms with van der Waals surface area (Å²) < 4.78 is 0. The van der Waals surface area contributed by atoms with E-state index in [1.54, 1.807) is 24.3 Å². The summed E-state index contributed by atoms with van der Waals surface area (Å²) in [5.41, 5.74) is 5.67. The van der Waals surface area contributed by atoms with Crippen molar-refractivity contribution >= 4 is 5.91 Å². The quantitative estimate of drug-likeness (QED) is 0.795. The van der Waals surface area contributed by atoms with E-state index in [0.29, 0.717) is 6.54 Å². The molecule has 1 heterocycles. The highest BCUT2D eigenvalue weighted by Crippen LogP contribution is 2.19. The molecule has 0 saturated carbocycles. The predicted octanol–water partition coefficient (Wildman–Crippen LogP) is 0.741. The van der Waals surface area contributed by atoms with Crippen molar-refractivity contribution in [1.82, 2.24) is 14.9 Å². The van der Waals surface area contributed by atoms with Crippen LogP contribution in [0.1, 0.15) is 26.6 Å². The largest absolute Gasteiger partial charge is 0.347 e. The zero-order chi connectivity index (χ0) is 12.3. The minimum Gasteiger partial charge on any atom is -0.347 e. The molecule has 5 nitrogen and oxygen atoms in total. The van der Waals surface area contributed by atoms with Gasteiger partial charge in [-0.15, -0.1) is 0 Å². The predicted molar refractivity (Wildman–Crippen MR) is 62.5 cm³/mol. The van der Waals surface area contributed by atoms with Gasteiger partial charge < -0.3 is 15.6 Å². The van der Waals surface area contributed by atoms with Gasteiger partial charge in [-0.05, 0) is 5.41 Å². The van der Waals surface area contributed by atoms with Gasteiger partial charge in [0.1, 0.15) is 5.82 Å². The van der Waals surface area contributed by atoms with E-state index in [9.17, 15) is 4.79 Å². The van der Waals surface area contributed by atoms with E-state index < -0.39 is 6.04 Å². The van der Waals surface area contributed by atoms with Gasteiger partial charge in [0, 0.05) is 19.4 Å². The average Bonchev–Trinajstić information content (AvgIpc) is 2.66. The van der Waals surface area contributed by atoms with Gasteiger partial charge in [0.25, 0.3) is 0 Å². The Bertz CT molecular complexity index is 339. The van der Waals surface area contributed by atoms with Gasteiger partial charge in [-0.25, -0.2) is 4.98 Å². The molecule has 1 amide bonds. The smallest absolute Gasteiger partial charge is 0.240 e. The molecule has 0 aliphatic rings. The summed E-state index contributed by atoms with van der Waals surface area (Å²) in [5, 5.41) is 0. The molecule has 1 rings (SSSR count). The van der Waals surface area contributed by atoms with Crippen molar-refractivity contribution in [3.8, 4) is 0 Å². The molecule has 0 aromatic carbocycles. The van der Waals surface area contributed by atoms with E-state index in [1.165, 1.54) is 0 Å². The van der Waals surface area contributed by atoms with Crippen LogP contribution in [0.4, 0.5) is 0 Å². The van der Waals surface area contributed by atoms with Crippen LogP contribution in [0.2, 0.25) is 0 Å². The molecule has 16 heavy (non-hydrogen) atoms. The van der Waals surface area contributed by atoms with Gasteiger partial charge >= 0.3 is 0 Å². The second-order valence-electron chi connectivity index (χ2n) is 5.07. The van der Waals surface area contributed by atoms with Crippen LogP contribution in [0.5, 0.6) is 0 Å². The number of nitrogens with zero attached hydrogens (tertiary/aromatic N) is 2. The van der Waals surface area contributed by atoms with E-state index in [2.05, 4.69) is 9.97 Å². The van der Waals surface area contributed by atoms with E-state index in [-0.39, 0.29) is 11.3 Å². The number of carbonyl (C=O) groups excluding carboxylic acids is 1. The number of aromatic nitrogens is 2. The first-order valence-electron chi connectivity index (χ1n) is 5.31. The van der Waals surface area contributed by atoms with Crippen molar-refractivity contribution in [1.29, 1.82) is 0 Å². The molecule has 0 radical (unpaired) electrons. The lowest BCUT2D eigenvalue weighted by Crippen LogP contribution is -2.49. The third-order valence-electron chi connectivity index (χ3n) is 2.52. The number of likely N-dealkylation sites (N-methyl/N-ethyl adjacent to an activating group) is 1. The fourth-order valence-electron chi connectivity index (χ4n) is 1.29. The number of rotatable bonds is 3. The molecule has 0 unspecified atom stereocenters. The molecule has 1 atom stereocenters. The summed E-state index contributed by atoms with van der Waals surface area (Å²) in [6.07, 6.45) is 3.40. The SMILES string of the molecule is CN(Cc1ncc[nH]1)C(=O)[C@H](N)C(C)(C)C. The molecule has 0 bridgehead atoms. The molecule has 3 N–H and O–H groups in total. The maximum Gasteiger partial charge on any atom is 0.240 e. The van der Waals surface area contributed by atoms with E-state index in [0.717, 1.165) is 5.82 Å². The average molecular weight is 224 g/mol. The van der Waals surface area contributed by atoms with Crippen molar-refractivity contribution in [3.05, 3.63) is 18.2 Å². The van der Waals surface area contributed by atoms with Crippen molar-refractivity contribution in [2.75, 3.05) is 7.05 Å². The van der Waals surface area contributed by atoms with E-state index >= 15 is 0 Å². The van der Waals surface area contributed by atoms with Crippen LogP contribution in [-0.2, 0) is 11.3 Å². The summed E-state index contributed by atoms with van der Waals surface area (Å²) in [5.74, 6) is 0.695. The second-order valence-corrected chi connectivity index (χ2v) is 5.07. The topological polar surface area (TPSA) is 75.0 Å². The molecule has 0 spiro atoms. The monoisotopic (exact) mass is 224 g/mol. The van der Waals surface area contributed by atoms with Gasteiger partial charge in [-0.2, -0.15) is 0 Å². The van der Waals surface area contributed by atoms with Crippen LogP contribution in [0.3, 0.4) is 0 Å². The Balaban J connectivity index is 2.61. The Morgan fingerprint density at radius 2 is 2.25 bits per heavy atom. The van der Waals surface area contributed by atoms with E-state index in [1.807, 2.05) is 20.8 Å². The Morgan fingerprint density at radius 1 is 1.62 bits per heavy atom. The highest BCUT2D eigenvalue weighted by atomic mass is 16.2. The number of hydrogen-bond donors (Lipinski definition) is 2. The van der Waals surface area contributed by atoms with Crippen LogP contribution in [-0.4, -0.2) is 33.9 Å². The molecule has 0 aliphatic heterocycles. The molecular formula is C11H20N4O. The molecule has 1 aromatic rings. The molecule has 90 valence electrons.